The van der Waals surface area contributed by atoms with Crippen LogP contribution in [0.25, 0.3) is 0 Å². The van der Waals surface area contributed by atoms with Crippen molar-refractivity contribution >= 4 is 5.91 Å². The highest BCUT2D eigenvalue weighted by molar-refractivity contribution is 5.76. The molecule has 1 atom stereocenters. The highest BCUT2D eigenvalue weighted by atomic mass is 16.2. The summed E-state index contributed by atoms with van der Waals surface area (Å²) in [6.45, 7) is 7.12. The molecule has 1 aliphatic heterocycles. The Morgan fingerprint density at radius 1 is 1.11 bits per heavy atom. The van der Waals surface area contributed by atoms with E-state index >= 15 is 0 Å². The molecule has 0 bridgehead atoms. The van der Waals surface area contributed by atoms with E-state index < -0.39 is 0 Å². The Morgan fingerprint density at radius 3 is 2.37 bits per heavy atom. The van der Waals surface area contributed by atoms with Gasteiger partial charge in [-0.2, -0.15) is 0 Å². The minimum Gasteiger partial charge on any atom is -0.340 e. The normalized spacial score (nSPS) is 19.7. The molecule has 0 aromatic carbocycles. The lowest BCUT2D eigenvalue weighted by molar-refractivity contribution is -0.132. The molecule has 0 spiro atoms. The first-order valence-corrected chi connectivity index (χ1v) is 8.25. The second-order valence-electron chi connectivity index (χ2n) is 5.92. The number of nitrogens with one attached hydrogen (secondary N) is 1. The lowest BCUT2D eigenvalue weighted by atomic mass is 10.1. The molecule has 3 heteroatoms. The van der Waals surface area contributed by atoms with Gasteiger partial charge in [0, 0.05) is 32.1 Å². The molecule has 1 amide bonds. The van der Waals surface area contributed by atoms with Crippen LogP contribution in [0.2, 0.25) is 0 Å². The Kier molecular flexibility index (Phi) is 8.89. The van der Waals surface area contributed by atoms with Crippen LogP contribution in [0.15, 0.2) is 0 Å². The molecular weight excluding hydrogens is 236 g/mol. The summed E-state index contributed by atoms with van der Waals surface area (Å²) in [7, 11) is 0. The number of carbonyl (C=O) groups excluding carboxylic acids is 1. The molecule has 1 N–H and O–H groups in total. The summed E-state index contributed by atoms with van der Waals surface area (Å²) in [6, 6.07) is 0.455. The minimum atomic E-state index is 0.360. The maximum Gasteiger partial charge on any atom is 0.222 e. The van der Waals surface area contributed by atoms with Crippen LogP contribution in [0, 0.1) is 0 Å². The third-order valence-electron chi connectivity index (χ3n) is 3.97. The van der Waals surface area contributed by atoms with Crippen LogP contribution in [-0.2, 0) is 4.79 Å². The zero-order valence-corrected chi connectivity index (χ0v) is 12.9. The SMILES string of the molecule is CCCCCCCCCCC(=O)N1CCN[C@H](C)C1. The summed E-state index contributed by atoms with van der Waals surface area (Å²) in [6.07, 6.45) is 11.1. The standard InChI is InChI=1S/C16H32N2O/c1-3-4-5-6-7-8-9-10-11-16(19)18-13-12-17-15(2)14-18/h15,17H,3-14H2,1-2H3/t15-/m1/s1. The number of amides is 1. The number of unbranched alkanes of at least 4 members (excludes halogenated alkanes) is 7. The minimum absolute atomic E-state index is 0.360. The summed E-state index contributed by atoms with van der Waals surface area (Å²) < 4.78 is 0. The molecule has 1 rings (SSSR count). The topological polar surface area (TPSA) is 32.3 Å². The molecule has 112 valence electrons. The second-order valence-corrected chi connectivity index (χ2v) is 5.92. The fourth-order valence-electron chi connectivity index (χ4n) is 2.73. The van der Waals surface area contributed by atoms with Gasteiger partial charge in [-0.25, -0.2) is 0 Å². The van der Waals surface area contributed by atoms with Gasteiger partial charge in [0.05, 0.1) is 0 Å². The Hall–Kier alpha value is -0.570. The molecule has 1 fully saturated rings. The van der Waals surface area contributed by atoms with Crippen molar-refractivity contribution in [3.63, 3.8) is 0 Å². The van der Waals surface area contributed by atoms with Crippen molar-refractivity contribution in [3.05, 3.63) is 0 Å². The molecule has 0 aliphatic carbocycles. The van der Waals surface area contributed by atoms with Gasteiger partial charge in [-0.05, 0) is 13.3 Å². The number of nitrogens with zero attached hydrogens (tertiary/aromatic N) is 1. The summed E-state index contributed by atoms with van der Waals surface area (Å²) in [5.41, 5.74) is 0. The van der Waals surface area contributed by atoms with Crippen LogP contribution < -0.4 is 5.32 Å². The first-order chi connectivity index (χ1) is 9.24. The first kappa shape index (κ1) is 16.5. The van der Waals surface area contributed by atoms with Crippen molar-refractivity contribution in [2.24, 2.45) is 0 Å². The van der Waals surface area contributed by atoms with Gasteiger partial charge in [-0.3, -0.25) is 4.79 Å². The Labute approximate surface area is 119 Å². The number of hydrogen-bond donors (Lipinski definition) is 1. The number of rotatable bonds is 9. The summed E-state index contributed by atoms with van der Waals surface area (Å²) >= 11 is 0. The average molecular weight is 268 g/mol. The Morgan fingerprint density at radius 2 is 1.74 bits per heavy atom. The quantitative estimate of drug-likeness (QED) is 0.651. The van der Waals surface area contributed by atoms with Gasteiger partial charge in [-0.15, -0.1) is 0 Å². The second kappa shape index (κ2) is 10.2. The van der Waals surface area contributed by atoms with Crippen LogP contribution in [-0.4, -0.2) is 36.5 Å². The van der Waals surface area contributed by atoms with Gasteiger partial charge in [0.2, 0.25) is 5.91 Å². The lowest BCUT2D eigenvalue weighted by Crippen LogP contribution is -2.51. The average Bonchev–Trinajstić information content (AvgIpc) is 2.41. The van der Waals surface area contributed by atoms with E-state index in [0.717, 1.165) is 32.5 Å². The zero-order chi connectivity index (χ0) is 13.9. The van der Waals surface area contributed by atoms with E-state index in [2.05, 4.69) is 19.2 Å². The predicted octanol–water partition coefficient (Wildman–Crippen LogP) is 3.34. The first-order valence-electron chi connectivity index (χ1n) is 8.25. The third-order valence-corrected chi connectivity index (χ3v) is 3.97. The van der Waals surface area contributed by atoms with Gasteiger partial charge in [0.1, 0.15) is 0 Å². The number of carbonyl (C=O) groups is 1. The molecule has 1 saturated heterocycles. The van der Waals surface area contributed by atoms with Crippen molar-refractivity contribution in [1.29, 1.82) is 0 Å². The molecule has 0 radical (unpaired) electrons. The fourth-order valence-corrected chi connectivity index (χ4v) is 2.73. The third kappa shape index (κ3) is 7.56. The van der Waals surface area contributed by atoms with Crippen molar-refractivity contribution in [2.45, 2.75) is 77.7 Å². The monoisotopic (exact) mass is 268 g/mol. The van der Waals surface area contributed by atoms with Crippen molar-refractivity contribution < 1.29 is 4.79 Å². The Balaban J connectivity index is 1.95. The molecule has 0 saturated carbocycles. The van der Waals surface area contributed by atoms with Gasteiger partial charge < -0.3 is 10.2 Å². The van der Waals surface area contributed by atoms with Crippen molar-refractivity contribution in [3.8, 4) is 0 Å². The Bertz CT molecular complexity index is 243. The summed E-state index contributed by atoms with van der Waals surface area (Å²) in [5.74, 6) is 0.360. The van der Waals surface area contributed by atoms with Crippen LogP contribution in [0.3, 0.4) is 0 Å². The van der Waals surface area contributed by atoms with Gasteiger partial charge in [-0.1, -0.05) is 51.9 Å². The molecular formula is C16H32N2O. The number of hydrogen-bond acceptors (Lipinski definition) is 2. The van der Waals surface area contributed by atoms with E-state index in [1.54, 1.807) is 0 Å². The summed E-state index contributed by atoms with van der Waals surface area (Å²) in [5, 5.41) is 3.37. The predicted molar refractivity (Wildman–Crippen MR) is 81.3 cm³/mol. The molecule has 0 aromatic heterocycles. The van der Waals surface area contributed by atoms with Crippen LogP contribution in [0.1, 0.15) is 71.6 Å². The van der Waals surface area contributed by atoms with E-state index in [-0.39, 0.29) is 0 Å². The van der Waals surface area contributed by atoms with Crippen molar-refractivity contribution in [1.82, 2.24) is 10.2 Å². The van der Waals surface area contributed by atoms with E-state index in [1.165, 1.54) is 44.9 Å². The van der Waals surface area contributed by atoms with E-state index in [1.807, 2.05) is 4.90 Å². The van der Waals surface area contributed by atoms with Gasteiger partial charge >= 0.3 is 0 Å². The summed E-state index contributed by atoms with van der Waals surface area (Å²) in [4.78, 5) is 14.0. The van der Waals surface area contributed by atoms with E-state index in [4.69, 9.17) is 0 Å². The maximum absolute atomic E-state index is 12.0. The fraction of sp³-hybridized carbons (Fsp3) is 0.938. The smallest absolute Gasteiger partial charge is 0.222 e. The van der Waals surface area contributed by atoms with E-state index in [0.29, 0.717) is 11.9 Å². The number of piperazine rings is 1. The maximum atomic E-state index is 12.0. The van der Waals surface area contributed by atoms with Crippen LogP contribution in [0.5, 0.6) is 0 Å². The van der Waals surface area contributed by atoms with Gasteiger partial charge in [0.25, 0.3) is 0 Å². The van der Waals surface area contributed by atoms with Crippen molar-refractivity contribution in [2.75, 3.05) is 19.6 Å². The van der Waals surface area contributed by atoms with Gasteiger partial charge in [0.15, 0.2) is 0 Å². The molecule has 0 aromatic rings. The molecule has 1 heterocycles. The molecule has 0 unspecified atom stereocenters. The highest BCUT2D eigenvalue weighted by Crippen LogP contribution is 2.11. The lowest BCUT2D eigenvalue weighted by Gasteiger charge is -2.32. The molecule has 3 nitrogen and oxygen atoms in total. The molecule has 19 heavy (non-hydrogen) atoms. The van der Waals surface area contributed by atoms with E-state index in [9.17, 15) is 4.79 Å². The highest BCUT2D eigenvalue weighted by Gasteiger charge is 2.19. The molecule has 1 aliphatic rings. The van der Waals surface area contributed by atoms with Crippen LogP contribution in [0.4, 0.5) is 0 Å². The van der Waals surface area contributed by atoms with Crippen LogP contribution >= 0.6 is 0 Å². The largest absolute Gasteiger partial charge is 0.340 e. The zero-order valence-electron chi connectivity index (χ0n) is 12.9.